The van der Waals surface area contributed by atoms with Crippen LogP contribution >= 0.6 is 0 Å². The predicted molar refractivity (Wildman–Crippen MR) is 115 cm³/mol. The molecule has 0 amide bonds. The Morgan fingerprint density at radius 3 is 2.32 bits per heavy atom. The van der Waals surface area contributed by atoms with Crippen LogP contribution in [-0.4, -0.2) is 52.6 Å². The molecule has 2 aromatic carbocycles. The molecule has 0 spiro atoms. The summed E-state index contributed by atoms with van der Waals surface area (Å²) in [5, 5.41) is 8.57. The third-order valence-corrected chi connectivity index (χ3v) is 5.55. The molecule has 1 aliphatic heterocycles. The van der Waals surface area contributed by atoms with Gasteiger partial charge in [0.25, 0.3) is 0 Å². The summed E-state index contributed by atoms with van der Waals surface area (Å²) in [6.45, 7) is 8.84. The van der Waals surface area contributed by atoms with E-state index in [1.807, 2.05) is 22.9 Å². The van der Waals surface area contributed by atoms with Gasteiger partial charge >= 0.3 is 0 Å². The molecule has 0 atom stereocenters. The van der Waals surface area contributed by atoms with E-state index < -0.39 is 0 Å². The van der Waals surface area contributed by atoms with E-state index in [9.17, 15) is 0 Å². The van der Waals surface area contributed by atoms with Crippen LogP contribution in [0.3, 0.4) is 0 Å². The lowest BCUT2D eigenvalue weighted by Gasteiger charge is -2.36. The van der Waals surface area contributed by atoms with Crippen LogP contribution in [0.15, 0.2) is 60.8 Å². The fourth-order valence-electron chi connectivity index (χ4n) is 3.89. The number of hydrogen-bond acceptors (Lipinski definition) is 4. The highest BCUT2D eigenvalue weighted by molar-refractivity contribution is 5.57. The highest BCUT2D eigenvalue weighted by Gasteiger charge is 2.17. The van der Waals surface area contributed by atoms with Crippen molar-refractivity contribution in [3.05, 3.63) is 66.4 Å². The standard InChI is InChI=1S/C23H29N5/c1-20-9-5-6-12-23(20)27-17-15-26(16-18-27)13-7-8-14-28-19-22(24-25-28)21-10-3-2-4-11-21/h2-6,9-12,19H,7-8,13-18H2,1H3. The Bertz CT molecular complexity index is 865. The van der Waals surface area contributed by atoms with Crippen molar-refractivity contribution in [1.29, 1.82) is 0 Å². The smallest absolute Gasteiger partial charge is 0.113 e. The number of aromatic nitrogens is 3. The zero-order chi connectivity index (χ0) is 19.2. The molecule has 5 heteroatoms. The van der Waals surface area contributed by atoms with E-state index >= 15 is 0 Å². The van der Waals surface area contributed by atoms with Crippen LogP contribution in [0.5, 0.6) is 0 Å². The molecular weight excluding hydrogens is 346 g/mol. The average Bonchev–Trinajstić information content (AvgIpc) is 3.22. The summed E-state index contributed by atoms with van der Waals surface area (Å²) in [5.41, 5.74) is 4.84. The van der Waals surface area contributed by atoms with Crippen LogP contribution < -0.4 is 4.90 Å². The molecular formula is C23H29N5. The van der Waals surface area contributed by atoms with E-state index in [4.69, 9.17) is 0 Å². The average molecular weight is 376 g/mol. The van der Waals surface area contributed by atoms with Gasteiger partial charge in [0.2, 0.25) is 0 Å². The highest BCUT2D eigenvalue weighted by atomic mass is 15.4. The van der Waals surface area contributed by atoms with Crippen LogP contribution in [0.25, 0.3) is 11.3 Å². The van der Waals surface area contributed by atoms with E-state index in [1.54, 1.807) is 0 Å². The molecule has 4 rings (SSSR count). The zero-order valence-electron chi connectivity index (χ0n) is 16.7. The second kappa shape index (κ2) is 9.02. The number of para-hydroxylation sites is 1. The minimum absolute atomic E-state index is 0.934. The summed E-state index contributed by atoms with van der Waals surface area (Å²) in [6, 6.07) is 18.9. The predicted octanol–water partition coefficient (Wildman–Crippen LogP) is 3.86. The van der Waals surface area contributed by atoms with E-state index in [2.05, 4.69) is 69.6 Å². The van der Waals surface area contributed by atoms with Crippen LogP contribution in [0, 0.1) is 6.92 Å². The summed E-state index contributed by atoms with van der Waals surface area (Å²) in [6.07, 6.45) is 4.39. The van der Waals surface area contributed by atoms with Crippen molar-refractivity contribution in [1.82, 2.24) is 19.9 Å². The van der Waals surface area contributed by atoms with Crippen molar-refractivity contribution in [2.75, 3.05) is 37.6 Å². The molecule has 1 saturated heterocycles. The normalized spacial score (nSPS) is 15.1. The number of benzene rings is 2. The summed E-state index contributed by atoms with van der Waals surface area (Å²) in [7, 11) is 0. The minimum atomic E-state index is 0.934. The van der Waals surface area contributed by atoms with Crippen LogP contribution in [0.1, 0.15) is 18.4 Å². The lowest BCUT2D eigenvalue weighted by Crippen LogP contribution is -2.46. The van der Waals surface area contributed by atoms with Crippen LogP contribution in [-0.2, 0) is 6.54 Å². The van der Waals surface area contributed by atoms with Crippen molar-refractivity contribution in [2.24, 2.45) is 0 Å². The first-order valence-corrected chi connectivity index (χ1v) is 10.3. The third-order valence-electron chi connectivity index (χ3n) is 5.55. The van der Waals surface area contributed by atoms with Gasteiger partial charge < -0.3 is 4.90 Å². The van der Waals surface area contributed by atoms with Gasteiger partial charge in [-0.2, -0.15) is 0 Å². The summed E-state index contributed by atoms with van der Waals surface area (Å²) in [5.74, 6) is 0. The first-order valence-electron chi connectivity index (χ1n) is 10.3. The number of nitrogens with zero attached hydrogens (tertiary/aromatic N) is 5. The maximum atomic E-state index is 4.30. The van der Waals surface area contributed by atoms with Gasteiger partial charge in [-0.3, -0.25) is 9.58 Å². The van der Waals surface area contributed by atoms with Gasteiger partial charge in [-0.1, -0.05) is 53.7 Å². The molecule has 146 valence electrons. The molecule has 0 N–H and O–H groups in total. The summed E-state index contributed by atoms with van der Waals surface area (Å²) >= 11 is 0. The molecule has 28 heavy (non-hydrogen) atoms. The molecule has 3 aromatic rings. The summed E-state index contributed by atoms with van der Waals surface area (Å²) < 4.78 is 1.97. The van der Waals surface area contributed by atoms with Gasteiger partial charge in [-0.15, -0.1) is 5.10 Å². The lowest BCUT2D eigenvalue weighted by molar-refractivity contribution is 0.250. The Labute approximate surface area is 167 Å². The monoisotopic (exact) mass is 375 g/mol. The quantitative estimate of drug-likeness (QED) is 0.588. The molecule has 1 fully saturated rings. The van der Waals surface area contributed by atoms with E-state index in [0.29, 0.717) is 0 Å². The van der Waals surface area contributed by atoms with E-state index in [1.165, 1.54) is 24.2 Å². The van der Waals surface area contributed by atoms with Gasteiger partial charge in [0.1, 0.15) is 5.69 Å². The SMILES string of the molecule is Cc1ccccc1N1CCN(CCCCn2cc(-c3ccccc3)nn2)CC1. The van der Waals surface area contributed by atoms with Crippen molar-refractivity contribution >= 4 is 5.69 Å². The third kappa shape index (κ3) is 4.60. The van der Waals surface area contributed by atoms with E-state index in [0.717, 1.165) is 50.4 Å². The Kier molecular flexibility index (Phi) is 6.02. The van der Waals surface area contributed by atoms with Crippen LogP contribution in [0.2, 0.25) is 0 Å². The van der Waals surface area contributed by atoms with Gasteiger partial charge in [-0.05, 0) is 37.9 Å². The van der Waals surface area contributed by atoms with Gasteiger partial charge in [0.15, 0.2) is 0 Å². The fourth-order valence-corrected chi connectivity index (χ4v) is 3.89. The molecule has 5 nitrogen and oxygen atoms in total. The molecule has 0 saturated carbocycles. The maximum Gasteiger partial charge on any atom is 0.113 e. The molecule has 2 heterocycles. The second-order valence-corrected chi connectivity index (χ2v) is 7.56. The molecule has 0 unspecified atom stereocenters. The Morgan fingerprint density at radius 2 is 1.54 bits per heavy atom. The van der Waals surface area contributed by atoms with Crippen molar-refractivity contribution in [2.45, 2.75) is 26.3 Å². The Hall–Kier alpha value is -2.66. The molecule has 1 aromatic heterocycles. The van der Waals surface area contributed by atoms with Gasteiger partial charge in [-0.25, -0.2) is 0 Å². The summed E-state index contributed by atoms with van der Waals surface area (Å²) in [4.78, 5) is 5.11. The molecule has 0 aliphatic carbocycles. The topological polar surface area (TPSA) is 37.2 Å². The first-order chi connectivity index (χ1) is 13.8. The number of rotatable bonds is 7. The zero-order valence-corrected chi connectivity index (χ0v) is 16.7. The number of anilines is 1. The van der Waals surface area contributed by atoms with Crippen molar-refractivity contribution in [3.8, 4) is 11.3 Å². The second-order valence-electron chi connectivity index (χ2n) is 7.56. The molecule has 0 radical (unpaired) electrons. The van der Waals surface area contributed by atoms with Gasteiger partial charge in [0.05, 0.1) is 6.20 Å². The van der Waals surface area contributed by atoms with Crippen molar-refractivity contribution < 1.29 is 0 Å². The first kappa shape index (κ1) is 18.7. The maximum absolute atomic E-state index is 4.30. The van der Waals surface area contributed by atoms with E-state index in [-0.39, 0.29) is 0 Å². The van der Waals surface area contributed by atoms with Crippen molar-refractivity contribution in [3.63, 3.8) is 0 Å². The largest absolute Gasteiger partial charge is 0.369 e. The van der Waals surface area contributed by atoms with Crippen LogP contribution in [0.4, 0.5) is 5.69 Å². The highest BCUT2D eigenvalue weighted by Crippen LogP contribution is 2.21. The Morgan fingerprint density at radius 1 is 0.821 bits per heavy atom. The Balaban J connectivity index is 1.18. The molecule has 0 bridgehead atoms. The van der Waals surface area contributed by atoms with Gasteiger partial charge in [0, 0.05) is 44.0 Å². The fraction of sp³-hybridized carbons (Fsp3) is 0.391. The number of unbranched alkanes of at least 4 members (excludes halogenated alkanes) is 1. The number of aryl methyl sites for hydroxylation is 2. The molecule has 1 aliphatic rings. The lowest BCUT2D eigenvalue weighted by atomic mass is 10.1. The minimum Gasteiger partial charge on any atom is -0.369 e. The number of piperazine rings is 1. The number of hydrogen-bond donors (Lipinski definition) is 0.